The average Bonchev–Trinajstić information content (AvgIpc) is 2.56. The van der Waals surface area contributed by atoms with Gasteiger partial charge in [-0.3, -0.25) is 4.79 Å². The van der Waals surface area contributed by atoms with Crippen LogP contribution in [0.1, 0.15) is 52.4 Å². The van der Waals surface area contributed by atoms with E-state index in [1.807, 2.05) is 25.6 Å². The van der Waals surface area contributed by atoms with Crippen LogP contribution in [0.2, 0.25) is 0 Å². The summed E-state index contributed by atoms with van der Waals surface area (Å²) >= 11 is 1.90. The van der Waals surface area contributed by atoms with Crippen LogP contribution in [0.15, 0.2) is 0 Å². The largest absolute Gasteiger partial charge is 0.379 e. The number of unbranched alkanes of at least 4 members (excludes halogenated alkanes) is 4. The Labute approximate surface area is 152 Å². The summed E-state index contributed by atoms with van der Waals surface area (Å²) in [6, 6.07) is 0. The van der Waals surface area contributed by atoms with Gasteiger partial charge in [-0.2, -0.15) is 11.8 Å². The van der Waals surface area contributed by atoms with E-state index in [1.54, 1.807) is 0 Å². The fourth-order valence-corrected chi connectivity index (χ4v) is 2.47. The molecule has 0 aromatic rings. The summed E-state index contributed by atoms with van der Waals surface area (Å²) in [6.45, 7) is 7.68. The Morgan fingerprint density at radius 3 is 2.12 bits per heavy atom. The van der Waals surface area contributed by atoms with Crippen LogP contribution in [0.4, 0.5) is 0 Å². The predicted octanol–water partition coefficient (Wildman–Crippen LogP) is 3.26. The van der Waals surface area contributed by atoms with Crippen LogP contribution in [0, 0.1) is 0 Å². The van der Waals surface area contributed by atoms with Crippen molar-refractivity contribution in [2.75, 3.05) is 51.6 Å². The Balaban J connectivity index is 3.08. The predicted molar refractivity (Wildman–Crippen MR) is 102 cm³/mol. The first-order valence-electron chi connectivity index (χ1n) is 9.19. The zero-order chi connectivity index (χ0) is 17.9. The zero-order valence-corrected chi connectivity index (χ0v) is 16.6. The van der Waals surface area contributed by atoms with E-state index < -0.39 is 0 Å². The van der Waals surface area contributed by atoms with Gasteiger partial charge in [-0.25, -0.2) is 0 Å². The number of ether oxygens (including phenoxy) is 3. The van der Waals surface area contributed by atoms with Crippen molar-refractivity contribution in [2.24, 2.45) is 0 Å². The minimum atomic E-state index is -0.0365. The third kappa shape index (κ3) is 19.7. The highest BCUT2D eigenvalue weighted by Crippen LogP contribution is 2.02. The summed E-state index contributed by atoms with van der Waals surface area (Å²) in [7, 11) is 0. The normalized spacial score (nSPS) is 11.2. The third-order valence-corrected chi connectivity index (χ3v) is 4.04. The van der Waals surface area contributed by atoms with Crippen LogP contribution >= 0.6 is 11.8 Å². The molecule has 0 aliphatic heterocycles. The monoisotopic (exact) mass is 363 g/mol. The average molecular weight is 364 g/mol. The van der Waals surface area contributed by atoms with Crippen molar-refractivity contribution < 1.29 is 19.0 Å². The SMILES string of the molecule is CSCCCCCOCCOCCCCCNC(=O)COC(C)C. The van der Waals surface area contributed by atoms with E-state index in [4.69, 9.17) is 14.2 Å². The van der Waals surface area contributed by atoms with Crippen LogP contribution in [0.25, 0.3) is 0 Å². The van der Waals surface area contributed by atoms with Gasteiger partial charge in [0.25, 0.3) is 0 Å². The minimum absolute atomic E-state index is 0.0365. The van der Waals surface area contributed by atoms with Gasteiger partial charge in [-0.1, -0.05) is 6.42 Å². The molecule has 0 fully saturated rings. The number of amides is 1. The lowest BCUT2D eigenvalue weighted by Crippen LogP contribution is -2.29. The maximum absolute atomic E-state index is 11.4. The molecule has 1 amide bonds. The van der Waals surface area contributed by atoms with Gasteiger partial charge in [0.1, 0.15) is 6.61 Å². The van der Waals surface area contributed by atoms with Gasteiger partial charge < -0.3 is 19.5 Å². The first-order chi connectivity index (χ1) is 11.7. The van der Waals surface area contributed by atoms with Crippen molar-refractivity contribution in [1.82, 2.24) is 5.32 Å². The number of carbonyl (C=O) groups is 1. The Morgan fingerprint density at radius 1 is 0.917 bits per heavy atom. The summed E-state index contributed by atoms with van der Waals surface area (Å²) < 4.78 is 16.3. The van der Waals surface area contributed by atoms with Gasteiger partial charge in [0, 0.05) is 19.8 Å². The van der Waals surface area contributed by atoms with Crippen molar-refractivity contribution in [3.8, 4) is 0 Å². The lowest BCUT2D eigenvalue weighted by Gasteiger charge is -2.08. The summed E-state index contributed by atoms with van der Waals surface area (Å²) in [6.07, 6.45) is 8.98. The summed E-state index contributed by atoms with van der Waals surface area (Å²) in [5.41, 5.74) is 0. The quantitative estimate of drug-likeness (QED) is 0.379. The van der Waals surface area contributed by atoms with Gasteiger partial charge in [0.05, 0.1) is 19.3 Å². The van der Waals surface area contributed by atoms with E-state index in [0.29, 0.717) is 19.8 Å². The second-order valence-corrected chi connectivity index (χ2v) is 7.03. The van der Waals surface area contributed by atoms with Crippen molar-refractivity contribution >= 4 is 17.7 Å². The van der Waals surface area contributed by atoms with Crippen molar-refractivity contribution in [2.45, 2.75) is 58.5 Å². The van der Waals surface area contributed by atoms with Gasteiger partial charge in [-0.05, 0) is 58.0 Å². The molecule has 6 heteroatoms. The smallest absolute Gasteiger partial charge is 0.246 e. The standard InChI is InChI=1S/C18H37NO4S/c1-17(2)23-16-18(20)19-10-6-4-7-11-21-13-14-22-12-8-5-9-15-24-3/h17H,4-16H2,1-3H3,(H,19,20). The fourth-order valence-electron chi connectivity index (χ4n) is 1.98. The van der Waals surface area contributed by atoms with Crippen LogP contribution in [0.3, 0.4) is 0 Å². The number of thioether (sulfide) groups is 1. The van der Waals surface area contributed by atoms with Gasteiger partial charge in [-0.15, -0.1) is 0 Å². The number of carbonyl (C=O) groups excluding carboxylic acids is 1. The number of hydrogen-bond donors (Lipinski definition) is 1. The summed E-state index contributed by atoms with van der Waals surface area (Å²) in [5, 5.41) is 2.86. The first-order valence-corrected chi connectivity index (χ1v) is 10.6. The maximum Gasteiger partial charge on any atom is 0.246 e. The molecule has 144 valence electrons. The van der Waals surface area contributed by atoms with Crippen molar-refractivity contribution in [1.29, 1.82) is 0 Å². The Hall–Kier alpha value is -0.300. The topological polar surface area (TPSA) is 56.8 Å². The van der Waals surface area contributed by atoms with Gasteiger partial charge >= 0.3 is 0 Å². The lowest BCUT2D eigenvalue weighted by molar-refractivity contribution is -0.127. The van der Waals surface area contributed by atoms with E-state index in [1.165, 1.54) is 18.6 Å². The molecule has 1 N–H and O–H groups in total. The molecule has 0 saturated carbocycles. The van der Waals surface area contributed by atoms with E-state index in [-0.39, 0.29) is 18.6 Å². The van der Waals surface area contributed by atoms with Crippen LogP contribution < -0.4 is 5.32 Å². The fraction of sp³-hybridized carbons (Fsp3) is 0.944. The molecule has 0 heterocycles. The molecule has 0 aromatic carbocycles. The molecule has 5 nitrogen and oxygen atoms in total. The lowest BCUT2D eigenvalue weighted by atomic mass is 10.2. The highest BCUT2D eigenvalue weighted by Gasteiger charge is 2.02. The number of rotatable bonds is 18. The molecular weight excluding hydrogens is 326 g/mol. The van der Waals surface area contributed by atoms with Crippen LogP contribution in [-0.2, 0) is 19.0 Å². The highest BCUT2D eigenvalue weighted by molar-refractivity contribution is 7.98. The summed E-state index contributed by atoms with van der Waals surface area (Å²) in [4.78, 5) is 11.4. The molecule has 0 spiro atoms. The molecule has 0 aliphatic rings. The molecule has 0 atom stereocenters. The second kappa shape index (κ2) is 19.0. The number of hydrogen-bond acceptors (Lipinski definition) is 5. The van der Waals surface area contributed by atoms with Crippen molar-refractivity contribution in [3.63, 3.8) is 0 Å². The maximum atomic E-state index is 11.4. The Morgan fingerprint density at radius 2 is 1.54 bits per heavy atom. The third-order valence-electron chi connectivity index (χ3n) is 3.34. The molecule has 0 saturated heterocycles. The Bertz CT molecular complexity index is 278. The minimum Gasteiger partial charge on any atom is -0.379 e. The molecule has 0 radical (unpaired) electrons. The van der Waals surface area contributed by atoms with E-state index in [2.05, 4.69) is 11.6 Å². The molecule has 0 bridgehead atoms. The molecule has 0 aromatic heterocycles. The summed E-state index contributed by atoms with van der Waals surface area (Å²) in [5.74, 6) is 1.21. The molecule has 0 aliphatic carbocycles. The zero-order valence-electron chi connectivity index (χ0n) is 15.8. The first kappa shape index (κ1) is 23.7. The molecular formula is C18H37NO4S. The van der Waals surface area contributed by atoms with Gasteiger partial charge in [0.2, 0.25) is 5.91 Å². The van der Waals surface area contributed by atoms with E-state index >= 15 is 0 Å². The van der Waals surface area contributed by atoms with E-state index in [9.17, 15) is 4.79 Å². The molecule has 0 unspecified atom stereocenters. The van der Waals surface area contributed by atoms with Crippen LogP contribution in [-0.4, -0.2) is 63.6 Å². The molecule has 0 rings (SSSR count). The van der Waals surface area contributed by atoms with Crippen molar-refractivity contribution in [3.05, 3.63) is 0 Å². The highest BCUT2D eigenvalue weighted by atomic mass is 32.2. The second-order valence-electron chi connectivity index (χ2n) is 6.05. The number of nitrogens with one attached hydrogen (secondary N) is 1. The van der Waals surface area contributed by atoms with Gasteiger partial charge in [0.15, 0.2) is 0 Å². The van der Waals surface area contributed by atoms with E-state index in [0.717, 1.165) is 38.9 Å². The Kier molecular flexibility index (Phi) is 18.8. The van der Waals surface area contributed by atoms with Crippen LogP contribution in [0.5, 0.6) is 0 Å². The molecule has 24 heavy (non-hydrogen) atoms.